The van der Waals surface area contributed by atoms with Crippen LogP contribution in [-0.2, 0) is 38.0 Å². The van der Waals surface area contributed by atoms with Gasteiger partial charge in [-0.05, 0) is 0 Å². The van der Waals surface area contributed by atoms with Gasteiger partial charge in [0.15, 0.2) is 12.5 Å². The third kappa shape index (κ3) is 6.39. The average Bonchev–Trinajstić information content (AvgIpc) is 3.58. The van der Waals surface area contributed by atoms with E-state index in [4.69, 9.17) is 38.9 Å². The van der Waals surface area contributed by atoms with Crippen molar-refractivity contribution in [2.24, 2.45) is 5.73 Å². The van der Waals surface area contributed by atoms with Gasteiger partial charge in [0.25, 0.3) is 5.91 Å². The van der Waals surface area contributed by atoms with Gasteiger partial charge in [0, 0.05) is 12.7 Å². The Hall–Kier alpha value is -2.94. The number of rotatable bonds is 13. The monoisotopic (exact) mass is 492 g/mol. The van der Waals surface area contributed by atoms with Crippen molar-refractivity contribution in [1.29, 1.82) is 0 Å². The van der Waals surface area contributed by atoms with E-state index in [0.29, 0.717) is 19.8 Å². The highest BCUT2D eigenvalue weighted by molar-refractivity contribution is 5.88. The van der Waals surface area contributed by atoms with E-state index >= 15 is 0 Å². The first-order valence-electron chi connectivity index (χ1n) is 11.1. The number of hydrogen-bond acceptors (Lipinski definition) is 11. The lowest BCUT2D eigenvalue weighted by Crippen LogP contribution is -2.33. The summed E-state index contributed by atoms with van der Waals surface area (Å²) in [5.74, 6) is -1.47. The molecule has 2 fully saturated rings. The highest BCUT2D eigenvalue weighted by Gasteiger charge is 2.54. The smallest absolute Gasteiger partial charge is 0.332 e. The Balaban J connectivity index is 1.34. The normalized spacial score (nSPS) is 25.5. The predicted molar refractivity (Wildman–Crippen MR) is 116 cm³/mol. The Kier molecular flexibility index (Phi) is 8.74. The molecule has 2 saturated heterocycles. The van der Waals surface area contributed by atoms with Crippen molar-refractivity contribution in [3.8, 4) is 0 Å². The summed E-state index contributed by atoms with van der Waals surface area (Å²) >= 11 is 0. The summed E-state index contributed by atoms with van der Waals surface area (Å²) in [7, 11) is 1.59. The summed E-state index contributed by atoms with van der Waals surface area (Å²) in [6.07, 6.45) is -1.88. The maximum Gasteiger partial charge on any atom is 0.332 e. The van der Waals surface area contributed by atoms with Gasteiger partial charge in [0.2, 0.25) is 5.82 Å². The number of hydrogen-bond donors (Lipinski definition) is 1. The molecule has 190 valence electrons. The maximum atomic E-state index is 12.1. The maximum absolute atomic E-state index is 12.1. The van der Waals surface area contributed by atoms with E-state index in [2.05, 4.69) is 10.1 Å². The number of carbonyl (C=O) groups excluding carboxylic acids is 2. The molecule has 2 N–H and O–H groups in total. The van der Waals surface area contributed by atoms with Crippen molar-refractivity contribution in [2.45, 2.75) is 30.8 Å². The summed E-state index contributed by atoms with van der Waals surface area (Å²) in [4.78, 5) is 27.4. The van der Waals surface area contributed by atoms with E-state index in [1.54, 1.807) is 7.11 Å². The van der Waals surface area contributed by atoms with Crippen LogP contribution in [0.15, 0.2) is 36.7 Å². The average molecular weight is 492 g/mol. The number of nitrogens with two attached hydrogens (primary N) is 1. The molecule has 1 aromatic heterocycles. The third-order valence-electron chi connectivity index (χ3n) is 5.34. The second-order valence-electron chi connectivity index (χ2n) is 7.76. The van der Waals surface area contributed by atoms with Crippen LogP contribution < -0.4 is 5.73 Å². The second-order valence-corrected chi connectivity index (χ2v) is 7.76. The molecule has 35 heavy (non-hydrogen) atoms. The first kappa shape index (κ1) is 25.2. The Labute approximate surface area is 201 Å². The lowest BCUT2D eigenvalue weighted by Gasteiger charge is -2.20. The molecule has 13 heteroatoms. The van der Waals surface area contributed by atoms with Gasteiger partial charge < -0.3 is 38.9 Å². The van der Waals surface area contributed by atoms with E-state index in [-0.39, 0.29) is 25.6 Å². The van der Waals surface area contributed by atoms with Gasteiger partial charge in [-0.3, -0.25) is 4.79 Å². The van der Waals surface area contributed by atoms with Crippen LogP contribution in [0.4, 0.5) is 0 Å². The van der Waals surface area contributed by atoms with Crippen LogP contribution in [0.3, 0.4) is 0 Å². The van der Waals surface area contributed by atoms with Crippen LogP contribution in [0, 0.1) is 0 Å². The number of fused-ring (bicyclic) bond motifs is 1. The molecule has 2 aliphatic heterocycles. The van der Waals surface area contributed by atoms with E-state index < -0.39 is 42.7 Å². The number of benzene rings is 1. The van der Waals surface area contributed by atoms with Crippen molar-refractivity contribution < 1.29 is 42.7 Å². The molecular formula is C22H28N4O9. The number of ether oxygens (including phenoxy) is 7. The molecule has 2 aliphatic rings. The zero-order valence-electron chi connectivity index (χ0n) is 19.2. The number of esters is 1. The molecule has 1 amide bonds. The van der Waals surface area contributed by atoms with Gasteiger partial charge in [-0.2, -0.15) is 0 Å². The molecule has 3 heterocycles. The number of aromatic nitrogens is 3. The van der Waals surface area contributed by atoms with E-state index in [1.807, 2.05) is 30.3 Å². The SMILES string of the molecule is COCCOCCOCC(=O)OC[C@H]1O[C@@H](n2cnc(C(N)=O)n2)[C@@H]2O[C@@H](c3ccccc3)OC21. The van der Waals surface area contributed by atoms with Gasteiger partial charge in [-0.25, -0.2) is 14.5 Å². The molecule has 1 aromatic carbocycles. The standard InChI is InChI=1S/C22H28N4O9/c1-29-7-8-30-9-10-31-12-16(27)32-11-15-17-18(35-22(34-17)14-5-3-2-4-6-14)21(33-15)26-13-24-20(25-26)19(23)28/h2-6,13,15,17-18,21-22H,7-12H2,1H3,(H2,23,28)/t15-,17?,18-,21-,22+/m1/s1. The van der Waals surface area contributed by atoms with Crippen LogP contribution in [0.1, 0.15) is 28.7 Å². The van der Waals surface area contributed by atoms with Crippen molar-refractivity contribution in [2.75, 3.05) is 46.8 Å². The summed E-state index contributed by atoms with van der Waals surface area (Å²) in [5, 5.41) is 4.08. The van der Waals surface area contributed by atoms with Crippen LogP contribution in [0.25, 0.3) is 0 Å². The van der Waals surface area contributed by atoms with Gasteiger partial charge >= 0.3 is 5.97 Å². The van der Waals surface area contributed by atoms with Crippen LogP contribution >= 0.6 is 0 Å². The Bertz CT molecular complexity index is 973. The van der Waals surface area contributed by atoms with Crippen molar-refractivity contribution in [3.63, 3.8) is 0 Å². The van der Waals surface area contributed by atoms with Crippen LogP contribution in [-0.4, -0.2) is 91.7 Å². The fourth-order valence-corrected chi connectivity index (χ4v) is 3.69. The topological polar surface area (TPSA) is 155 Å². The summed E-state index contributed by atoms with van der Waals surface area (Å²) < 4.78 is 40.4. The Morgan fingerprint density at radius 2 is 1.77 bits per heavy atom. The third-order valence-corrected chi connectivity index (χ3v) is 5.34. The van der Waals surface area contributed by atoms with E-state index in [0.717, 1.165) is 5.56 Å². The van der Waals surface area contributed by atoms with Crippen molar-refractivity contribution in [1.82, 2.24) is 14.8 Å². The van der Waals surface area contributed by atoms with Crippen LogP contribution in [0.5, 0.6) is 0 Å². The molecule has 0 aliphatic carbocycles. The number of nitrogens with zero attached hydrogens (tertiary/aromatic N) is 3. The lowest BCUT2D eigenvalue weighted by molar-refractivity contribution is -0.170. The second kappa shape index (κ2) is 12.2. The lowest BCUT2D eigenvalue weighted by atomic mass is 10.1. The molecule has 4 rings (SSSR count). The molecule has 5 atom stereocenters. The van der Waals surface area contributed by atoms with Gasteiger partial charge in [-0.1, -0.05) is 30.3 Å². The molecule has 13 nitrogen and oxygen atoms in total. The summed E-state index contributed by atoms with van der Waals surface area (Å²) in [5.41, 5.74) is 6.09. The quantitative estimate of drug-likeness (QED) is 0.296. The van der Waals surface area contributed by atoms with Gasteiger partial charge in [0.05, 0.1) is 26.4 Å². The molecular weight excluding hydrogens is 464 g/mol. The number of carbonyl (C=O) groups is 2. The minimum atomic E-state index is -0.765. The largest absolute Gasteiger partial charge is 0.461 e. The minimum Gasteiger partial charge on any atom is -0.461 e. The molecule has 0 bridgehead atoms. The van der Waals surface area contributed by atoms with E-state index in [9.17, 15) is 9.59 Å². The fourth-order valence-electron chi connectivity index (χ4n) is 3.69. The highest BCUT2D eigenvalue weighted by atomic mass is 16.8. The summed E-state index contributed by atoms with van der Waals surface area (Å²) in [6.45, 7) is 1.20. The number of amides is 1. The first-order valence-corrected chi connectivity index (χ1v) is 11.1. The molecule has 1 unspecified atom stereocenters. The molecule has 0 radical (unpaired) electrons. The predicted octanol–water partition coefficient (Wildman–Crippen LogP) is -0.0200. The minimum absolute atomic E-state index is 0.0908. The zero-order valence-corrected chi connectivity index (χ0v) is 19.2. The van der Waals surface area contributed by atoms with Crippen molar-refractivity contribution in [3.05, 3.63) is 48.0 Å². The van der Waals surface area contributed by atoms with Crippen LogP contribution in [0.2, 0.25) is 0 Å². The number of methoxy groups -OCH3 is 1. The first-order chi connectivity index (χ1) is 17.1. The zero-order chi connectivity index (χ0) is 24.6. The molecule has 2 aromatic rings. The Morgan fingerprint density at radius 1 is 1.03 bits per heavy atom. The van der Waals surface area contributed by atoms with E-state index in [1.165, 1.54) is 11.0 Å². The number of primary amides is 1. The summed E-state index contributed by atoms with van der Waals surface area (Å²) in [6, 6.07) is 9.41. The molecule has 0 saturated carbocycles. The van der Waals surface area contributed by atoms with Gasteiger partial charge in [0.1, 0.15) is 37.9 Å². The van der Waals surface area contributed by atoms with Gasteiger partial charge in [-0.15, -0.1) is 5.10 Å². The fraction of sp³-hybridized carbons (Fsp3) is 0.545. The highest BCUT2D eigenvalue weighted by Crippen LogP contribution is 2.43. The molecule has 0 spiro atoms. The Morgan fingerprint density at radius 3 is 2.51 bits per heavy atom. The van der Waals surface area contributed by atoms with Crippen molar-refractivity contribution >= 4 is 11.9 Å².